The van der Waals surface area contributed by atoms with Crippen molar-refractivity contribution >= 4 is 28.8 Å². The van der Waals surface area contributed by atoms with E-state index in [4.69, 9.17) is 0 Å². The molecule has 3 amide bonds. The molecule has 0 spiro atoms. The van der Waals surface area contributed by atoms with Gasteiger partial charge in [-0.25, -0.2) is 0 Å². The molecule has 0 bridgehead atoms. The van der Waals surface area contributed by atoms with Crippen molar-refractivity contribution in [3.63, 3.8) is 0 Å². The maximum Gasteiger partial charge on any atom is 0.416 e. The summed E-state index contributed by atoms with van der Waals surface area (Å²) in [6, 6.07) is 4.33. The van der Waals surface area contributed by atoms with Crippen LogP contribution in [0.4, 0.5) is 18.0 Å². The van der Waals surface area contributed by atoms with E-state index in [-0.39, 0.29) is 47.4 Å². The Morgan fingerprint density at radius 3 is 2.68 bits per heavy atom. The highest BCUT2D eigenvalue weighted by Crippen LogP contribution is 2.30. The summed E-state index contributed by atoms with van der Waals surface area (Å²) >= 11 is 0.944. The number of benzene rings is 1. The van der Waals surface area contributed by atoms with Gasteiger partial charge in [-0.1, -0.05) is 30.0 Å². The lowest BCUT2D eigenvalue weighted by Crippen LogP contribution is -2.41. The zero-order valence-corrected chi connectivity index (χ0v) is 13.9. The molecule has 0 radical (unpaired) electrons. The van der Waals surface area contributed by atoms with Crippen LogP contribution in [-0.4, -0.2) is 51.7 Å². The lowest BCUT2D eigenvalue weighted by Gasteiger charge is -2.22. The van der Waals surface area contributed by atoms with Gasteiger partial charge in [0.15, 0.2) is 0 Å². The van der Waals surface area contributed by atoms with Gasteiger partial charge in [-0.2, -0.15) is 13.2 Å². The fourth-order valence-corrected chi connectivity index (χ4v) is 3.82. The van der Waals surface area contributed by atoms with Gasteiger partial charge in [0.1, 0.15) is 0 Å². The molecule has 0 saturated carbocycles. The number of amides is 3. The average molecular weight is 372 g/mol. The molecule has 2 saturated heterocycles. The fraction of sp³-hybridized carbons (Fsp3) is 0.438. The van der Waals surface area contributed by atoms with Gasteiger partial charge in [0.2, 0.25) is 11.8 Å². The van der Waals surface area contributed by atoms with Crippen LogP contribution < -0.4 is 0 Å². The lowest BCUT2D eigenvalue weighted by molar-refractivity contribution is -0.138. The smallest absolute Gasteiger partial charge is 0.340 e. The minimum Gasteiger partial charge on any atom is -0.340 e. The standard InChI is InChI=1S/C16H15F3N2O3S/c17-16(18,19)11-3-1-2-10(6-11)7-13(22)20-5-4-12(8-20)21-14(23)9-25-15(21)24/h1-3,6,12H,4-5,7-9H2. The van der Waals surface area contributed by atoms with E-state index in [1.807, 2.05) is 0 Å². The molecule has 0 aromatic heterocycles. The molecular weight excluding hydrogens is 357 g/mol. The zero-order valence-electron chi connectivity index (χ0n) is 13.1. The summed E-state index contributed by atoms with van der Waals surface area (Å²) in [4.78, 5) is 38.5. The van der Waals surface area contributed by atoms with Gasteiger partial charge in [-0.05, 0) is 18.1 Å². The molecule has 134 valence electrons. The molecule has 2 aliphatic heterocycles. The van der Waals surface area contributed by atoms with Crippen LogP contribution in [0.15, 0.2) is 24.3 Å². The quantitative estimate of drug-likeness (QED) is 0.818. The van der Waals surface area contributed by atoms with Crippen molar-refractivity contribution < 1.29 is 27.6 Å². The Kier molecular flexibility index (Phi) is 4.77. The summed E-state index contributed by atoms with van der Waals surface area (Å²) < 4.78 is 38.2. The highest BCUT2D eigenvalue weighted by molar-refractivity contribution is 8.14. The number of imide groups is 1. The van der Waals surface area contributed by atoms with Crippen LogP contribution in [0.5, 0.6) is 0 Å². The van der Waals surface area contributed by atoms with E-state index in [0.29, 0.717) is 13.0 Å². The van der Waals surface area contributed by atoms with Crippen LogP contribution in [-0.2, 0) is 22.2 Å². The number of thioether (sulfide) groups is 1. The van der Waals surface area contributed by atoms with Crippen molar-refractivity contribution in [2.45, 2.75) is 25.1 Å². The number of carbonyl (C=O) groups is 3. The maximum atomic E-state index is 12.7. The van der Waals surface area contributed by atoms with Gasteiger partial charge in [-0.15, -0.1) is 0 Å². The van der Waals surface area contributed by atoms with Crippen LogP contribution >= 0.6 is 11.8 Å². The number of carbonyl (C=O) groups excluding carboxylic acids is 3. The molecule has 3 rings (SSSR count). The summed E-state index contributed by atoms with van der Waals surface area (Å²) in [6.07, 6.45) is -4.11. The van der Waals surface area contributed by atoms with E-state index in [2.05, 4.69) is 0 Å². The second-order valence-electron chi connectivity index (χ2n) is 5.98. The Bertz CT molecular complexity index is 707. The second-order valence-corrected chi connectivity index (χ2v) is 6.90. The van der Waals surface area contributed by atoms with Crippen LogP contribution in [0.25, 0.3) is 0 Å². The Balaban J connectivity index is 1.63. The third-order valence-corrected chi connectivity index (χ3v) is 5.11. The van der Waals surface area contributed by atoms with Crippen molar-refractivity contribution in [2.75, 3.05) is 18.8 Å². The minimum atomic E-state index is -4.45. The van der Waals surface area contributed by atoms with Gasteiger partial charge in [0, 0.05) is 13.1 Å². The van der Waals surface area contributed by atoms with Crippen molar-refractivity contribution in [3.05, 3.63) is 35.4 Å². The monoisotopic (exact) mass is 372 g/mol. The molecule has 0 N–H and O–H groups in total. The number of likely N-dealkylation sites (tertiary alicyclic amines) is 1. The van der Waals surface area contributed by atoms with Crippen molar-refractivity contribution in [1.29, 1.82) is 0 Å². The average Bonchev–Trinajstić information content (AvgIpc) is 3.13. The Morgan fingerprint density at radius 1 is 1.28 bits per heavy atom. The summed E-state index contributed by atoms with van der Waals surface area (Å²) in [5.41, 5.74) is -0.505. The third kappa shape index (κ3) is 3.81. The molecule has 1 aromatic rings. The van der Waals surface area contributed by atoms with E-state index in [0.717, 1.165) is 23.9 Å². The van der Waals surface area contributed by atoms with Crippen LogP contribution in [0.2, 0.25) is 0 Å². The molecule has 2 aliphatic rings. The number of halogens is 3. The van der Waals surface area contributed by atoms with E-state index in [1.165, 1.54) is 21.9 Å². The van der Waals surface area contributed by atoms with Crippen LogP contribution in [0.3, 0.4) is 0 Å². The first-order valence-corrected chi connectivity index (χ1v) is 8.67. The molecule has 1 unspecified atom stereocenters. The van der Waals surface area contributed by atoms with Gasteiger partial charge < -0.3 is 4.90 Å². The van der Waals surface area contributed by atoms with Crippen LogP contribution in [0, 0.1) is 0 Å². The third-order valence-electron chi connectivity index (χ3n) is 4.28. The number of hydrogen-bond donors (Lipinski definition) is 0. The Hall–Kier alpha value is -2.03. The van der Waals surface area contributed by atoms with Crippen molar-refractivity contribution in [2.24, 2.45) is 0 Å². The first-order chi connectivity index (χ1) is 11.8. The topological polar surface area (TPSA) is 57.7 Å². The Labute approximate surface area is 146 Å². The Morgan fingerprint density at radius 2 is 2.04 bits per heavy atom. The molecule has 5 nitrogen and oxygen atoms in total. The van der Waals surface area contributed by atoms with Crippen molar-refractivity contribution in [1.82, 2.24) is 9.80 Å². The molecular formula is C16H15F3N2O3S. The molecule has 1 atom stereocenters. The van der Waals surface area contributed by atoms with E-state index in [1.54, 1.807) is 0 Å². The first kappa shape index (κ1) is 17.8. The molecule has 1 aromatic carbocycles. The van der Waals surface area contributed by atoms with E-state index >= 15 is 0 Å². The van der Waals surface area contributed by atoms with E-state index in [9.17, 15) is 27.6 Å². The normalized spacial score (nSPS) is 21.3. The van der Waals surface area contributed by atoms with Crippen molar-refractivity contribution in [3.8, 4) is 0 Å². The summed E-state index contributed by atoms with van der Waals surface area (Å²) in [5.74, 6) is -0.450. The number of rotatable bonds is 3. The maximum absolute atomic E-state index is 12.7. The van der Waals surface area contributed by atoms with Gasteiger partial charge in [-0.3, -0.25) is 19.3 Å². The minimum absolute atomic E-state index is 0.119. The van der Waals surface area contributed by atoms with Crippen LogP contribution in [0.1, 0.15) is 17.5 Å². The number of alkyl halides is 3. The summed E-state index contributed by atoms with van der Waals surface area (Å²) in [5, 5.41) is -0.304. The highest BCUT2D eigenvalue weighted by Gasteiger charge is 2.40. The molecule has 9 heteroatoms. The fourth-order valence-electron chi connectivity index (χ4n) is 3.04. The summed E-state index contributed by atoms with van der Waals surface area (Å²) in [7, 11) is 0. The predicted molar refractivity (Wildman–Crippen MR) is 84.8 cm³/mol. The highest BCUT2D eigenvalue weighted by atomic mass is 32.2. The first-order valence-electron chi connectivity index (χ1n) is 7.68. The molecule has 2 fully saturated rings. The van der Waals surface area contributed by atoms with E-state index < -0.39 is 11.7 Å². The number of hydrogen-bond acceptors (Lipinski definition) is 4. The molecule has 0 aliphatic carbocycles. The predicted octanol–water partition coefficient (Wildman–Crippen LogP) is 2.54. The lowest BCUT2D eigenvalue weighted by atomic mass is 10.1. The van der Waals surface area contributed by atoms with Gasteiger partial charge >= 0.3 is 6.18 Å². The molecule has 2 heterocycles. The zero-order chi connectivity index (χ0) is 18.2. The van der Waals surface area contributed by atoms with Gasteiger partial charge in [0.25, 0.3) is 5.24 Å². The largest absolute Gasteiger partial charge is 0.416 e. The molecule has 25 heavy (non-hydrogen) atoms. The van der Waals surface area contributed by atoms with Gasteiger partial charge in [0.05, 0.1) is 23.8 Å². The number of nitrogens with zero attached hydrogens (tertiary/aromatic N) is 2. The summed E-state index contributed by atoms with van der Waals surface area (Å²) in [6.45, 7) is 0.611. The second kappa shape index (κ2) is 6.70. The SMILES string of the molecule is O=C(Cc1cccc(C(F)(F)F)c1)N1CCC(N2C(=O)CSC2=O)C1.